The lowest BCUT2D eigenvalue weighted by Crippen LogP contribution is -2.31. The molecule has 0 bridgehead atoms. The van der Waals surface area contributed by atoms with Crippen LogP contribution in [0.4, 0.5) is 4.39 Å². The van der Waals surface area contributed by atoms with Crippen molar-refractivity contribution >= 4 is 5.91 Å². The number of pyridine rings is 1. The summed E-state index contributed by atoms with van der Waals surface area (Å²) >= 11 is 0. The molecule has 3 aromatic rings. The number of rotatable bonds is 6. The zero-order valence-electron chi connectivity index (χ0n) is 14.5. The quantitative estimate of drug-likeness (QED) is 0.737. The van der Waals surface area contributed by atoms with Gasteiger partial charge in [0.2, 0.25) is 11.8 Å². The highest BCUT2D eigenvalue weighted by Gasteiger charge is 2.17. The van der Waals surface area contributed by atoms with E-state index in [9.17, 15) is 9.18 Å². The number of aromatic nitrogens is 3. The SMILES string of the molecule is Cc1nccn1[C@@H](C)C(=O)NCc1cccnc1Oc1ccccc1F. The number of carbonyl (C=O) groups is 1. The van der Waals surface area contributed by atoms with Gasteiger partial charge in [0, 0.05) is 30.7 Å². The molecule has 6 nitrogen and oxygen atoms in total. The van der Waals surface area contributed by atoms with Crippen LogP contribution in [0.3, 0.4) is 0 Å². The van der Waals surface area contributed by atoms with Gasteiger partial charge in [-0.1, -0.05) is 18.2 Å². The first kappa shape index (κ1) is 17.6. The fourth-order valence-electron chi connectivity index (χ4n) is 2.54. The molecule has 0 aliphatic rings. The van der Waals surface area contributed by atoms with Crippen molar-refractivity contribution in [1.29, 1.82) is 0 Å². The Balaban J connectivity index is 1.70. The second-order valence-corrected chi connectivity index (χ2v) is 5.78. The second-order valence-electron chi connectivity index (χ2n) is 5.78. The van der Waals surface area contributed by atoms with Gasteiger partial charge in [-0.3, -0.25) is 4.79 Å². The molecule has 1 amide bonds. The molecule has 0 aliphatic carbocycles. The summed E-state index contributed by atoms with van der Waals surface area (Å²) in [5.41, 5.74) is 0.652. The molecule has 1 aromatic carbocycles. The number of hydrogen-bond donors (Lipinski definition) is 1. The van der Waals surface area contributed by atoms with E-state index in [2.05, 4.69) is 15.3 Å². The van der Waals surface area contributed by atoms with Crippen LogP contribution >= 0.6 is 0 Å². The average Bonchev–Trinajstić information content (AvgIpc) is 3.08. The molecule has 26 heavy (non-hydrogen) atoms. The summed E-state index contributed by atoms with van der Waals surface area (Å²) in [6, 6.07) is 9.21. The molecule has 0 radical (unpaired) electrons. The maximum Gasteiger partial charge on any atom is 0.243 e. The molecule has 7 heteroatoms. The first-order chi connectivity index (χ1) is 12.6. The highest BCUT2D eigenvalue weighted by atomic mass is 19.1. The molecule has 134 valence electrons. The van der Waals surface area contributed by atoms with Gasteiger partial charge < -0.3 is 14.6 Å². The van der Waals surface area contributed by atoms with Crippen LogP contribution in [0.5, 0.6) is 11.6 Å². The van der Waals surface area contributed by atoms with E-state index >= 15 is 0 Å². The highest BCUT2D eigenvalue weighted by molar-refractivity contribution is 5.80. The number of nitrogens with one attached hydrogen (secondary N) is 1. The van der Waals surface area contributed by atoms with Gasteiger partial charge >= 0.3 is 0 Å². The molecule has 0 saturated heterocycles. The van der Waals surface area contributed by atoms with Crippen molar-refractivity contribution in [2.45, 2.75) is 26.4 Å². The van der Waals surface area contributed by atoms with Crippen LogP contribution < -0.4 is 10.1 Å². The van der Waals surface area contributed by atoms with E-state index in [-0.39, 0.29) is 24.1 Å². The average molecular weight is 354 g/mol. The highest BCUT2D eigenvalue weighted by Crippen LogP contribution is 2.25. The standard InChI is InChI=1S/C19H19FN4O2/c1-13(24-11-10-21-14(24)2)18(25)23-12-15-6-5-9-22-19(15)26-17-8-4-3-7-16(17)20/h3-11,13H,12H2,1-2H3,(H,23,25)/t13-/m0/s1. The number of carbonyl (C=O) groups excluding carboxylic acids is 1. The van der Waals surface area contributed by atoms with Gasteiger partial charge in [-0.25, -0.2) is 14.4 Å². The smallest absolute Gasteiger partial charge is 0.243 e. The van der Waals surface area contributed by atoms with E-state index in [1.165, 1.54) is 12.1 Å². The maximum atomic E-state index is 13.8. The predicted octanol–water partition coefficient (Wildman–Crippen LogP) is 3.40. The minimum Gasteiger partial charge on any atom is -0.436 e. The summed E-state index contributed by atoms with van der Waals surface area (Å²) in [7, 11) is 0. The number of aryl methyl sites for hydroxylation is 1. The molecule has 0 saturated carbocycles. The monoisotopic (exact) mass is 354 g/mol. The first-order valence-corrected chi connectivity index (χ1v) is 8.19. The van der Waals surface area contributed by atoms with Crippen LogP contribution in [0.15, 0.2) is 55.0 Å². The Kier molecular flexibility index (Phi) is 5.26. The molecule has 0 fully saturated rings. The molecule has 2 heterocycles. The van der Waals surface area contributed by atoms with Crippen LogP contribution in [-0.4, -0.2) is 20.4 Å². The summed E-state index contributed by atoms with van der Waals surface area (Å²) in [6.45, 7) is 3.85. The number of hydrogen-bond acceptors (Lipinski definition) is 4. The largest absolute Gasteiger partial charge is 0.436 e. The van der Waals surface area contributed by atoms with E-state index in [0.717, 1.165) is 5.82 Å². The fraction of sp³-hybridized carbons (Fsp3) is 0.211. The third kappa shape index (κ3) is 3.88. The summed E-state index contributed by atoms with van der Waals surface area (Å²) in [5, 5.41) is 2.85. The van der Waals surface area contributed by atoms with E-state index in [4.69, 9.17) is 4.74 Å². The number of halogens is 1. The zero-order valence-corrected chi connectivity index (χ0v) is 14.5. The molecule has 0 aliphatic heterocycles. The van der Waals surface area contributed by atoms with Gasteiger partial charge in [0.05, 0.1) is 0 Å². The Hall–Kier alpha value is -3.22. The van der Waals surface area contributed by atoms with E-state index in [1.54, 1.807) is 54.3 Å². The van der Waals surface area contributed by atoms with E-state index in [1.807, 2.05) is 6.92 Å². The van der Waals surface area contributed by atoms with Crippen molar-refractivity contribution < 1.29 is 13.9 Å². The Labute approximate surface area is 150 Å². The van der Waals surface area contributed by atoms with Crippen molar-refractivity contribution in [3.63, 3.8) is 0 Å². The van der Waals surface area contributed by atoms with Crippen LogP contribution in [0.2, 0.25) is 0 Å². The molecular formula is C19H19FN4O2. The Morgan fingerprint density at radius 2 is 2.04 bits per heavy atom. The van der Waals surface area contributed by atoms with Crippen molar-refractivity contribution in [2.24, 2.45) is 0 Å². The first-order valence-electron chi connectivity index (χ1n) is 8.19. The van der Waals surface area contributed by atoms with Gasteiger partial charge in [-0.2, -0.15) is 0 Å². The molecule has 3 rings (SSSR count). The van der Waals surface area contributed by atoms with Gasteiger partial charge in [-0.05, 0) is 32.0 Å². The Morgan fingerprint density at radius 3 is 2.77 bits per heavy atom. The van der Waals surface area contributed by atoms with Crippen LogP contribution in [0, 0.1) is 12.7 Å². The molecule has 2 aromatic heterocycles. The van der Waals surface area contributed by atoms with Crippen LogP contribution in [-0.2, 0) is 11.3 Å². The summed E-state index contributed by atoms with van der Waals surface area (Å²) in [5.74, 6) is 0.465. The molecule has 0 unspecified atom stereocenters. The lowest BCUT2D eigenvalue weighted by molar-refractivity contribution is -0.124. The third-order valence-electron chi connectivity index (χ3n) is 4.01. The van der Waals surface area contributed by atoms with Crippen molar-refractivity contribution in [3.05, 3.63) is 72.2 Å². The fourth-order valence-corrected chi connectivity index (χ4v) is 2.54. The van der Waals surface area contributed by atoms with Crippen LogP contribution in [0.25, 0.3) is 0 Å². The van der Waals surface area contributed by atoms with Crippen molar-refractivity contribution in [1.82, 2.24) is 19.9 Å². The maximum absolute atomic E-state index is 13.8. The van der Waals surface area contributed by atoms with E-state index in [0.29, 0.717) is 5.56 Å². The minimum atomic E-state index is -0.475. The molecular weight excluding hydrogens is 335 g/mol. The minimum absolute atomic E-state index is 0.0844. The lowest BCUT2D eigenvalue weighted by Gasteiger charge is -2.16. The predicted molar refractivity (Wildman–Crippen MR) is 94.2 cm³/mol. The summed E-state index contributed by atoms with van der Waals surface area (Å²) in [6.07, 6.45) is 4.97. The number of nitrogens with zero attached hydrogens (tertiary/aromatic N) is 3. The second kappa shape index (κ2) is 7.77. The molecule has 1 N–H and O–H groups in total. The lowest BCUT2D eigenvalue weighted by atomic mass is 10.2. The molecule has 0 spiro atoms. The van der Waals surface area contributed by atoms with Crippen molar-refractivity contribution in [3.8, 4) is 11.6 Å². The number of ether oxygens (including phenoxy) is 1. The van der Waals surface area contributed by atoms with Gasteiger partial charge in [0.15, 0.2) is 11.6 Å². The zero-order chi connectivity index (χ0) is 18.5. The number of para-hydroxylation sites is 1. The summed E-state index contributed by atoms with van der Waals surface area (Å²) < 4.78 is 21.1. The number of imidazole rings is 1. The number of amides is 1. The van der Waals surface area contributed by atoms with E-state index < -0.39 is 11.9 Å². The summed E-state index contributed by atoms with van der Waals surface area (Å²) in [4.78, 5) is 20.7. The Morgan fingerprint density at radius 1 is 1.23 bits per heavy atom. The normalized spacial score (nSPS) is 11.8. The van der Waals surface area contributed by atoms with Crippen LogP contribution in [0.1, 0.15) is 24.4 Å². The number of benzene rings is 1. The van der Waals surface area contributed by atoms with Gasteiger partial charge in [0.1, 0.15) is 11.9 Å². The van der Waals surface area contributed by atoms with Crippen molar-refractivity contribution in [2.75, 3.05) is 0 Å². The molecule has 1 atom stereocenters. The third-order valence-corrected chi connectivity index (χ3v) is 4.01. The Bertz CT molecular complexity index is 910. The van der Waals surface area contributed by atoms with Gasteiger partial charge in [-0.15, -0.1) is 0 Å². The van der Waals surface area contributed by atoms with Gasteiger partial charge in [0.25, 0.3) is 0 Å². The topological polar surface area (TPSA) is 69.0 Å².